The van der Waals surface area contributed by atoms with Crippen molar-refractivity contribution in [2.75, 3.05) is 12.4 Å². The molecule has 1 N–H and O–H groups in total. The number of aromatic nitrogens is 1. The molecular weight excluding hydrogens is 376 g/mol. The first-order chi connectivity index (χ1) is 12.9. The van der Waals surface area contributed by atoms with Crippen LogP contribution in [0.25, 0.3) is 0 Å². The zero-order chi connectivity index (χ0) is 21.3. The van der Waals surface area contributed by atoms with E-state index in [1.807, 2.05) is 6.92 Å². The first kappa shape index (κ1) is 21.8. The molecule has 0 aliphatic heterocycles. The quantitative estimate of drug-likeness (QED) is 0.735. The lowest BCUT2D eigenvalue weighted by molar-refractivity contribution is -0.123. The maximum Gasteiger partial charge on any atom is 0.230 e. The molecule has 1 heterocycles. The van der Waals surface area contributed by atoms with E-state index in [4.69, 9.17) is 4.74 Å². The van der Waals surface area contributed by atoms with Gasteiger partial charge in [0.2, 0.25) is 15.7 Å². The van der Waals surface area contributed by atoms with Gasteiger partial charge in [-0.05, 0) is 43.7 Å². The van der Waals surface area contributed by atoms with Crippen molar-refractivity contribution in [1.82, 2.24) is 4.57 Å². The van der Waals surface area contributed by atoms with Gasteiger partial charge in [-0.2, -0.15) is 0 Å². The molecular formula is C21H28N2O4S. The number of sulfone groups is 1. The number of anilines is 1. The summed E-state index contributed by atoms with van der Waals surface area (Å²) in [5, 5.41) is 2.84. The van der Waals surface area contributed by atoms with E-state index >= 15 is 0 Å². The van der Waals surface area contributed by atoms with Crippen molar-refractivity contribution in [3.63, 3.8) is 0 Å². The average Bonchev–Trinajstić information content (AvgIpc) is 2.86. The van der Waals surface area contributed by atoms with Gasteiger partial charge in [0.05, 0.1) is 12.0 Å². The van der Waals surface area contributed by atoms with Gasteiger partial charge in [-0.25, -0.2) is 8.42 Å². The highest BCUT2D eigenvalue weighted by molar-refractivity contribution is 7.91. The molecule has 0 aliphatic carbocycles. The third-order valence-corrected chi connectivity index (χ3v) is 6.57. The van der Waals surface area contributed by atoms with E-state index in [9.17, 15) is 13.2 Å². The van der Waals surface area contributed by atoms with E-state index in [1.165, 1.54) is 19.2 Å². The number of carbonyl (C=O) groups is 1. The fraction of sp³-hybridized carbons (Fsp3) is 0.381. The van der Waals surface area contributed by atoms with Gasteiger partial charge < -0.3 is 14.6 Å². The maximum absolute atomic E-state index is 13.4. The Labute approximate surface area is 167 Å². The van der Waals surface area contributed by atoms with Crippen LogP contribution < -0.4 is 10.1 Å². The summed E-state index contributed by atoms with van der Waals surface area (Å²) in [7, 11) is -2.34. The second-order valence-electron chi connectivity index (χ2n) is 7.67. The Morgan fingerprint density at radius 1 is 1.21 bits per heavy atom. The Bertz CT molecular complexity index is 995. The molecule has 0 saturated heterocycles. The molecule has 0 radical (unpaired) electrons. The minimum absolute atomic E-state index is 0.106. The molecule has 0 saturated carbocycles. The van der Waals surface area contributed by atoms with Crippen molar-refractivity contribution in [3.8, 4) is 5.75 Å². The summed E-state index contributed by atoms with van der Waals surface area (Å²) >= 11 is 0. The van der Waals surface area contributed by atoms with Crippen LogP contribution in [0, 0.1) is 19.3 Å². The molecule has 0 unspecified atom stereocenters. The minimum Gasteiger partial charge on any atom is -0.497 e. The van der Waals surface area contributed by atoms with Crippen LogP contribution in [0.1, 0.15) is 32.0 Å². The Balaban J connectivity index is 2.72. The van der Waals surface area contributed by atoms with E-state index in [-0.39, 0.29) is 21.5 Å². The Morgan fingerprint density at radius 2 is 1.79 bits per heavy atom. The molecule has 6 nitrogen and oxygen atoms in total. The van der Waals surface area contributed by atoms with E-state index < -0.39 is 15.3 Å². The Hall–Kier alpha value is -2.54. The number of nitrogens with one attached hydrogen (secondary N) is 1. The lowest BCUT2D eigenvalue weighted by Crippen LogP contribution is -2.29. The first-order valence-corrected chi connectivity index (χ1v) is 10.4. The van der Waals surface area contributed by atoms with Crippen LogP contribution in [0.2, 0.25) is 0 Å². The number of benzene rings is 1. The largest absolute Gasteiger partial charge is 0.497 e. The van der Waals surface area contributed by atoms with Gasteiger partial charge in [0.1, 0.15) is 16.5 Å². The Morgan fingerprint density at radius 3 is 2.25 bits per heavy atom. The second kappa shape index (κ2) is 7.83. The Kier molecular flexibility index (Phi) is 6.09. The zero-order valence-corrected chi connectivity index (χ0v) is 18.1. The number of nitrogens with zero attached hydrogens (tertiary/aromatic N) is 1. The minimum atomic E-state index is -3.86. The third kappa shape index (κ3) is 3.99. The summed E-state index contributed by atoms with van der Waals surface area (Å²) < 4.78 is 33.8. The highest BCUT2D eigenvalue weighted by Gasteiger charge is 2.32. The van der Waals surface area contributed by atoms with Crippen LogP contribution in [0.4, 0.5) is 5.82 Å². The van der Waals surface area contributed by atoms with Crippen molar-refractivity contribution in [1.29, 1.82) is 0 Å². The molecule has 1 amide bonds. The van der Waals surface area contributed by atoms with Crippen molar-refractivity contribution in [2.24, 2.45) is 5.41 Å². The van der Waals surface area contributed by atoms with Crippen LogP contribution in [0.3, 0.4) is 0 Å². The molecule has 2 rings (SSSR count). The van der Waals surface area contributed by atoms with Gasteiger partial charge >= 0.3 is 0 Å². The number of carbonyl (C=O) groups excluding carboxylic acids is 1. The zero-order valence-electron chi connectivity index (χ0n) is 17.3. The molecule has 0 atom stereocenters. The van der Waals surface area contributed by atoms with Gasteiger partial charge in [0.25, 0.3) is 0 Å². The fourth-order valence-corrected chi connectivity index (χ4v) is 4.51. The summed E-state index contributed by atoms with van der Waals surface area (Å²) in [5.74, 6) is 0.574. The van der Waals surface area contributed by atoms with Crippen molar-refractivity contribution < 1.29 is 17.9 Å². The highest BCUT2D eigenvalue weighted by atomic mass is 32.2. The standard InChI is InChI=1S/C21H28N2O4S/c1-8-13-23-15(3)14(2)18(19(23)22-20(24)21(4,5)6)28(25,26)17-11-9-16(27-7)10-12-17/h8-12H,1,13H2,2-7H3,(H,22,24). The van der Waals surface area contributed by atoms with E-state index in [0.29, 0.717) is 17.9 Å². The monoisotopic (exact) mass is 404 g/mol. The second-order valence-corrected chi connectivity index (χ2v) is 9.56. The molecule has 0 aliphatic rings. The molecule has 1 aromatic carbocycles. The van der Waals surface area contributed by atoms with E-state index in [0.717, 1.165) is 5.69 Å². The smallest absolute Gasteiger partial charge is 0.230 e. The lowest BCUT2D eigenvalue weighted by Gasteiger charge is -2.20. The number of ether oxygens (including phenoxy) is 1. The summed E-state index contributed by atoms with van der Waals surface area (Å²) in [6.07, 6.45) is 1.67. The van der Waals surface area contributed by atoms with Gasteiger partial charge in [-0.1, -0.05) is 26.8 Å². The topological polar surface area (TPSA) is 77.4 Å². The normalized spacial score (nSPS) is 11.9. The molecule has 0 bridgehead atoms. The van der Waals surface area contributed by atoms with Crippen LogP contribution in [0.15, 0.2) is 46.7 Å². The first-order valence-electron chi connectivity index (χ1n) is 8.96. The number of rotatable bonds is 6. The predicted molar refractivity (Wildman–Crippen MR) is 111 cm³/mol. The van der Waals surface area contributed by atoms with Crippen molar-refractivity contribution in [2.45, 2.75) is 51.0 Å². The summed E-state index contributed by atoms with van der Waals surface area (Å²) in [6, 6.07) is 6.21. The molecule has 28 heavy (non-hydrogen) atoms. The molecule has 7 heteroatoms. The summed E-state index contributed by atoms with van der Waals surface area (Å²) in [4.78, 5) is 12.9. The summed E-state index contributed by atoms with van der Waals surface area (Å²) in [5.41, 5.74) is 0.685. The number of amides is 1. The molecule has 2 aromatic rings. The van der Waals surface area contributed by atoms with Crippen LogP contribution in [0.5, 0.6) is 5.75 Å². The van der Waals surface area contributed by atoms with Crippen LogP contribution in [-0.2, 0) is 21.2 Å². The van der Waals surface area contributed by atoms with Gasteiger partial charge in [0.15, 0.2) is 0 Å². The molecule has 0 spiro atoms. The summed E-state index contributed by atoms with van der Waals surface area (Å²) in [6.45, 7) is 13.0. The highest BCUT2D eigenvalue weighted by Crippen LogP contribution is 2.36. The van der Waals surface area contributed by atoms with Gasteiger partial charge in [-0.15, -0.1) is 6.58 Å². The third-order valence-electron chi connectivity index (χ3n) is 4.64. The van der Waals surface area contributed by atoms with Gasteiger partial charge in [0, 0.05) is 17.7 Å². The van der Waals surface area contributed by atoms with E-state index in [2.05, 4.69) is 11.9 Å². The van der Waals surface area contributed by atoms with Gasteiger partial charge in [-0.3, -0.25) is 4.79 Å². The molecule has 1 aromatic heterocycles. The fourth-order valence-electron chi connectivity index (χ4n) is 2.81. The number of hydrogen-bond acceptors (Lipinski definition) is 4. The van der Waals surface area contributed by atoms with E-state index in [1.54, 1.807) is 50.5 Å². The number of hydrogen-bond donors (Lipinski definition) is 1. The molecule has 0 fully saturated rings. The predicted octanol–water partition coefficient (Wildman–Crippen LogP) is 4.12. The SMILES string of the molecule is C=CCn1c(C)c(C)c(S(=O)(=O)c2ccc(OC)cc2)c1NC(=O)C(C)(C)C. The van der Waals surface area contributed by atoms with Crippen molar-refractivity contribution in [3.05, 3.63) is 48.2 Å². The van der Waals surface area contributed by atoms with Crippen molar-refractivity contribution >= 4 is 21.6 Å². The van der Waals surface area contributed by atoms with Crippen LogP contribution >= 0.6 is 0 Å². The maximum atomic E-state index is 13.4. The van der Waals surface area contributed by atoms with Crippen LogP contribution in [-0.4, -0.2) is 26.0 Å². The molecule has 152 valence electrons. The number of allylic oxidation sites excluding steroid dienone is 1. The average molecular weight is 405 g/mol. The lowest BCUT2D eigenvalue weighted by atomic mass is 9.96. The number of methoxy groups -OCH3 is 1.